The van der Waals surface area contributed by atoms with Crippen LogP contribution < -0.4 is 5.32 Å². The number of allylic oxidation sites excluding steroid dienone is 1. The number of piperidine rings is 2. The molecule has 1 aromatic heterocycles. The number of likely N-dealkylation sites (tertiary alicyclic amines) is 1. The first kappa shape index (κ1) is 16.0. The summed E-state index contributed by atoms with van der Waals surface area (Å²) in [6.45, 7) is 11.0. The van der Waals surface area contributed by atoms with Crippen LogP contribution in [0.4, 0.5) is 0 Å². The lowest BCUT2D eigenvalue weighted by molar-refractivity contribution is 0.127. The molecular weight excluding hydrogens is 288 g/mol. The zero-order chi connectivity index (χ0) is 15.4. The predicted octanol–water partition coefficient (Wildman–Crippen LogP) is 4.36. The Balaban J connectivity index is 1.66. The minimum atomic E-state index is 0.731. The van der Waals surface area contributed by atoms with Crippen LogP contribution in [0.5, 0.6) is 0 Å². The Kier molecular flexibility index (Phi) is 5.51. The molecule has 0 radical (unpaired) electrons. The number of nitrogens with zero attached hydrogens (tertiary/aromatic N) is 1. The van der Waals surface area contributed by atoms with E-state index in [2.05, 4.69) is 41.3 Å². The molecule has 2 fully saturated rings. The SMILES string of the molecule is C=Cc1scc(C2CCN(C3CCNCC3)CC2)c1/C=C\C. The van der Waals surface area contributed by atoms with E-state index in [1.165, 1.54) is 62.3 Å². The van der Waals surface area contributed by atoms with Gasteiger partial charge in [0.25, 0.3) is 0 Å². The summed E-state index contributed by atoms with van der Waals surface area (Å²) in [6, 6.07) is 0.823. The third-order valence-electron chi connectivity index (χ3n) is 5.20. The Labute approximate surface area is 138 Å². The van der Waals surface area contributed by atoms with Crippen LogP contribution in [0.2, 0.25) is 0 Å². The van der Waals surface area contributed by atoms with Crippen molar-refractivity contribution in [3.63, 3.8) is 0 Å². The van der Waals surface area contributed by atoms with Crippen LogP contribution in [0, 0.1) is 0 Å². The molecule has 0 spiro atoms. The van der Waals surface area contributed by atoms with Crippen molar-refractivity contribution < 1.29 is 0 Å². The Morgan fingerprint density at radius 3 is 2.59 bits per heavy atom. The average molecular weight is 317 g/mol. The van der Waals surface area contributed by atoms with E-state index in [0.29, 0.717) is 0 Å². The largest absolute Gasteiger partial charge is 0.317 e. The van der Waals surface area contributed by atoms with Gasteiger partial charge in [-0.25, -0.2) is 0 Å². The first-order valence-corrected chi connectivity index (χ1v) is 9.52. The van der Waals surface area contributed by atoms with E-state index < -0.39 is 0 Å². The van der Waals surface area contributed by atoms with E-state index >= 15 is 0 Å². The molecule has 120 valence electrons. The molecule has 0 aromatic carbocycles. The Morgan fingerprint density at radius 2 is 1.95 bits per heavy atom. The van der Waals surface area contributed by atoms with Crippen molar-refractivity contribution in [1.82, 2.24) is 10.2 Å². The van der Waals surface area contributed by atoms with Crippen molar-refractivity contribution in [2.45, 2.75) is 44.6 Å². The van der Waals surface area contributed by atoms with Gasteiger partial charge in [0.2, 0.25) is 0 Å². The quantitative estimate of drug-likeness (QED) is 0.888. The lowest BCUT2D eigenvalue weighted by atomic mass is 9.87. The highest BCUT2D eigenvalue weighted by Crippen LogP contribution is 2.37. The molecule has 2 saturated heterocycles. The molecule has 0 atom stereocenters. The molecule has 0 bridgehead atoms. The number of rotatable bonds is 4. The summed E-state index contributed by atoms with van der Waals surface area (Å²) in [5, 5.41) is 5.85. The molecule has 0 aliphatic carbocycles. The van der Waals surface area contributed by atoms with Gasteiger partial charge in [0.1, 0.15) is 0 Å². The maximum absolute atomic E-state index is 3.97. The summed E-state index contributed by atoms with van der Waals surface area (Å²) >= 11 is 1.85. The van der Waals surface area contributed by atoms with Gasteiger partial charge in [0.15, 0.2) is 0 Å². The van der Waals surface area contributed by atoms with Crippen LogP contribution in [0.25, 0.3) is 12.2 Å². The van der Waals surface area contributed by atoms with Gasteiger partial charge in [-0.05, 0) is 81.2 Å². The number of nitrogens with one attached hydrogen (secondary N) is 1. The van der Waals surface area contributed by atoms with Crippen molar-refractivity contribution in [3.05, 3.63) is 34.0 Å². The molecule has 0 unspecified atom stereocenters. The molecule has 1 N–H and O–H groups in total. The third-order valence-corrected chi connectivity index (χ3v) is 6.21. The highest BCUT2D eigenvalue weighted by atomic mass is 32.1. The van der Waals surface area contributed by atoms with Crippen LogP contribution in [0.15, 0.2) is 18.0 Å². The first-order chi connectivity index (χ1) is 10.8. The van der Waals surface area contributed by atoms with Crippen molar-refractivity contribution in [2.24, 2.45) is 0 Å². The number of thiophene rings is 1. The summed E-state index contributed by atoms with van der Waals surface area (Å²) in [6.07, 6.45) is 11.7. The second kappa shape index (κ2) is 7.58. The first-order valence-electron chi connectivity index (χ1n) is 8.64. The van der Waals surface area contributed by atoms with E-state index in [4.69, 9.17) is 0 Å². The smallest absolute Gasteiger partial charge is 0.0339 e. The highest BCUT2D eigenvalue weighted by molar-refractivity contribution is 7.11. The summed E-state index contributed by atoms with van der Waals surface area (Å²) in [5.41, 5.74) is 2.98. The van der Waals surface area contributed by atoms with E-state index in [1.54, 1.807) is 5.56 Å². The molecule has 1 aromatic rings. The highest BCUT2D eigenvalue weighted by Gasteiger charge is 2.28. The van der Waals surface area contributed by atoms with E-state index in [9.17, 15) is 0 Å². The van der Waals surface area contributed by atoms with Gasteiger partial charge in [-0.2, -0.15) is 0 Å². The molecule has 0 saturated carbocycles. The van der Waals surface area contributed by atoms with E-state index in [0.717, 1.165) is 12.0 Å². The molecule has 22 heavy (non-hydrogen) atoms. The van der Waals surface area contributed by atoms with Crippen LogP contribution in [0.3, 0.4) is 0 Å². The monoisotopic (exact) mass is 316 g/mol. The summed E-state index contributed by atoms with van der Waals surface area (Å²) in [7, 11) is 0. The van der Waals surface area contributed by atoms with Gasteiger partial charge in [0.05, 0.1) is 0 Å². The fraction of sp³-hybridized carbons (Fsp3) is 0.579. The van der Waals surface area contributed by atoms with Crippen molar-refractivity contribution in [2.75, 3.05) is 26.2 Å². The molecule has 3 heteroatoms. The standard InChI is InChI=1S/C19H28N2S/c1-3-5-17-18(14-22-19(17)4-2)15-8-12-21(13-9-15)16-6-10-20-11-7-16/h3-5,14-16,20H,2,6-13H2,1H3/b5-3-. The minimum Gasteiger partial charge on any atom is -0.317 e. The average Bonchev–Trinajstić information content (AvgIpc) is 2.99. The van der Waals surface area contributed by atoms with Crippen molar-refractivity contribution in [3.8, 4) is 0 Å². The maximum atomic E-state index is 3.97. The lowest BCUT2D eigenvalue weighted by Gasteiger charge is -2.39. The fourth-order valence-corrected chi connectivity index (χ4v) is 4.95. The topological polar surface area (TPSA) is 15.3 Å². The second-order valence-electron chi connectivity index (χ2n) is 6.46. The molecular formula is C19H28N2S. The molecule has 2 aliphatic rings. The minimum absolute atomic E-state index is 0.731. The zero-order valence-electron chi connectivity index (χ0n) is 13.7. The van der Waals surface area contributed by atoms with Gasteiger partial charge in [-0.1, -0.05) is 24.8 Å². The van der Waals surface area contributed by atoms with E-state index in [1.807, 2.05) is 17.4 Å². The normalized spacial score (nSPS) is 22.4. The summed E-state index contributed by atoms with van der Waals surface area (Å²) in [5.74, 6) is 0.731. The molecule has 3 rings (SSSR count). The zero-order valence-corrected chi connectivity index (χ0v) is 14.5. The Hall–Kier alpha value is -0.900. The van der Waals surface area contributed by atoms with Crippen LogP contribution in [-0.4, -0.2) is 37.1 Å². The lowest BCUT2D eigenvalue weighted by Crippen LogP contribution is -2.46. The van der Waals surface area contributed by atoms with Gasteiger partial charge >= 0.3 is 0 Å². The second-order valence-corrected chi connectivity index (χ2v) is 7.38. The summed E-state index contributed by atoms with van der Waals surface area (Å²) < 4.78 is 0. The van der Waals surface area contributed by atoms with Crippen LogP contribution in [-0.2, 0) is 0 Å². The van der Waals surface area contributed by atoms with Crippen molar-refractivity contribution in [1.29, 1.82) is 0 Å². The van der Waals surface area contributed by atoms with Crippen LogP contribution in [0.1, 0.15) is 54.5 Å². The molecule has 3 heterocycles. The maximum Gasteiger partial charge on any atom is 0.0339 e. The molecule has 2 aliphatic heterocycles. The summed E-state index contributed by atoms with van der Waals surface area (Å²) in [4.78, 5) is 4.07. The molecule has 0 amide bonds. The van der Waals surface area contributed by atoms with Crippen LogP contribution >= 0.6 is 11.3 Å². The van der Waals surface area contributed by atoms with Gasteiger partial charge < -0.3 is 10.2 Å². The third kappa shape index (κ3) is 3.37. The number of hydrogen-bond donors (Lipinski definition) is 1. The fourth-order valence-electron chi connectivity index (χ4n) is 3.96. The number of hydrogen-bond acceptors (Lipinski definition) is 3. The van der Waals surface area contributed by atoms with Gasteiger partial charge in [-0.15, -0.1) is 11.3 Å². The Morgan fingerprint density at radius 1 is 1.23 bits per heavy atom. The van der Waals surface area contributed by atoms with E-state index in [-0.39, 0.29) is 0 Å². The van der Waals surface area contributed by atoms with Crippen molar-refractivity contribution >= 4 is 23.5 Å². The van der Waals surface area contributed by atoms with Gasteiger partial charge in [0, 0.05) is 10.9 Å². The molecule has 2 nitrogen and oxygen atoms in total. The van der Waals surface area contributed by atoms with Gasteiger partial charge in [-0.3, -0.25) is 0 Å². The Bertz CT molecular complexity index is 518. The predicted molar refractivity (Wildman–Crippen MR) is 98.6 cm³/mol.